The van der Waals surface area contributed by atoms with Crippen LogP contribution < -0.4 is 32.7 Å². The first-order valence-corrected chi connectivity index (χ1v) is 17.9. The number of aromatic nitrogens is 2. The average Bonchev–Trinajstić information content (AvgIpc) is 3.92. The fourth-order valence-corrected chi connectivity index (χ4v) is 6.45. The summed E-state index contributed by atoms with van der Waals surface area (Å²) < 4.78 is 0. The van der Waals surface area contributed by atoms with Crippen molar-refractivity contribution in [3.63, 3.8) is 0 Å². The van der Waals surface area contributed by atoms with Crippen LogP contribution in [0.3, 0.4) is 0 Å². The van der Waals surface area contributed by atoms with E-state index in [1.165, 1.54) is 22.3 Å². The van der Waals surface area contributed by atoms with Crippen LogP contribution in [0.25, 0.3) is 0 Å². The number of nitrogens with two attached hydrogens (primary N) is 2. The number of carbonyl (C=O) groups excluding carboxylic acids is 7. The lowest BCUT2D eigenvalue weighted by atomic mass is 10.0. The van der Waals surface area contributed by atoms with Crippen LogP contribution in [0.4, 0.5) is 0 Å². The van der Waals surface area contributed by atoms with Crippen molar-refractivity contribution in [2.45, 2.75) is 108 Å². The minimum absolute atomic E-state index is 0.153. The zero-order valence-electron chi connectivity index (χ0n) is 30.4. The maximum Gasteiger partial charge on any atom is 0.326 e. The summed E-state index contributed by atoms with van der Waals surface area (Å²) in [5, 5.41) is 38.3. The molecule has 300 valence electrons. The molecule has 0 aliphatic carbocycles. The lowest BCUT2D eigenvalue weighted by Gasteiger charge is -2.33. The van der Waals surface area contributed by atoms with Gasteiger partial charge in [0.15, 0.2) is 0 Å². The second-order valence-electron chi connectivity index (χ2n) is 13.8. The number of hydrogen-bond acceptors (Lipinski definition) is 12. The molecule has 3 rings (SSSR count). The molecule has 2 aliphatic heterocycles. The van der Waals surface area contributed by atoms with E-state index in [0.29, 0.717) is 37.9 Å². The normalized spacial score (nSPS) is 19.7. The van der Waals surface area contributed by atoms with Gasteiger partial charge in [-0.2, -0.15) is 0 Å². The molecule has 2 aliphatic rings. The predicted molar refractivity (Wildman–Crippen MR) is 187 cm³/mol. The number of carboxylic acid groups (broad SMARTS) is 1. The summed E-state index contributed by atoms with van der Waals surface area (Å²) in [6.07, 6.45) is 4.09. The molecule has 0 saturated carbocycles. The second-order valence-corrected chi connectivity index (χ2v) is 13.8. The molecule has 1 aromatic heterocycles. The Morgan fingerprint density at radius 3 is 1.93 bits per heavy atom. The van der Waals surface area contributed by atoms with Crippen molar-refractivity contribution in [1.82, 2.24) is 41.0 Å². The number of carbonyl (C=O) groups is 8. The number of amides is 7. The monoisotopic (exact) mass is 764 g/mol. The zero-order valence-corrected chi connectivity index (χ0v) is 30.4. The SMILES string of the molecule is CC(C)C[C@H](N)C(=O)N1CCC[C@H]1C(=O)N1CCC[C@H]1C(=O)N[C@@H](Cc1cnc[nH]1)C(=O)N[C@@H](CO)C(=O)N[C@@H](CO)C(=O)N[C@@H](CCC(N)=O)C(=O)O. The van der Waals surface area contributed by atoms with E-state index >= 15 is 0 Å². The van der Waals surface area contributed by atoms with Crippen molar-refractivity contribution in [1.29, 1.82) is 0 Å². The minimum atomic E-state index is -1.72. The highest BCUT2D eigenvalue weighted by Crippen LogP contribution is 2.26. The fraction of sp³-hybridized carbons (Fsp3) is 0.667. The molecule has 21 heteroatoms. The van der Waals surface area contributed by atoms with E-state index in [4.69, 9.17) is 11.5 Å². The molecule has 12 N–H and O–H groups in total. The second kappa shape index (κ2) is 20.3. The number of nitrogens with zero attached hydrogens (tertiary/aromatic N) is 3. The molecule has 7 atom stereocenters. The Labute approximate surface area is 311 Å². The van der Waals surface area contributed by atoms with Gasteiger partial charge < -0.3 is 62.8 Å². The third-order valence-electron chi connectivity index (χ3n) is 9.24. The maximum absolute atomic E-state index is 13.8. The zero-order chi connectivity index (χ0) is 40.1. The Kier molecular flexibility index (Phi) is 16.3. The van der Waals surface area contributed by atoms with E-state index in [9.17, 15) is 53.7 Å². The van der Waals surface area contributed by atoms with E-state index in [-0.39, 0.29) is 44.1 Å². The van der Waals surface area contributed by atoms with E-state index < -0.39 is 96.9 Å². The Morgan fingerprint density at radius 1 is 0.852 bits per heavy atom. The first-order valence-electron chi connectivity index (χ1n) is 17.9. The summed E-state index contributed by atoms with van der Waals surface area (Å²) >= 11 is 0. The predicted octanol–water partition coefficient (Wildman–Crippen LogP) is -4.42. The van der Waals surface area contributed by atoms with Crippen LogP contribution in [0.15, 0.2) is 12.5 Å². The van der Waals surface area contributed by atoms with E-state index in [0.717, 1.165) is 0 Å². The molecule has 3 heterocycles. The van der Waals surface area contributed by atoms with Gasteiger partial charge in [0.05, 0.1) is 25.6 Å². The summed E-state index contributed by atoms with van der Waals surface area (Å²) in [5.74, 6) is -6.73. The number of nitrogens with one attached hydrogen (secondary N) is 5. The minimum Gasteiger partial charge on any atom is -0.480 e. The van der Waals surface area contributed by atoms with Crippen LogP contribution >= 0.6 is 0 Å². The summed E-state index contributed by atoms with van der Waals surface area (Å²) in [4.78, 5) is 112. The third-order valence-corrected chi connectivity index (χ3v) is 9.24. The number of aliphatic carboxylic acids is 1. The number of carboxylic acids is 1. The molecule has 1 aromatic rings. The van der Waals surface area contributed by atoms with Gasteiger partial charge in [0.2, 0.25) is 41.4 Å². The molecule has 0 spiro atoms. The summed E-state index contributed by atoms with van der Waals surface area (Å²) in [5.41, 5.74) is 11.6. The van der Waals surface area contributed by atoms with Gasteiger partial charge in [0.1, 0.15) is 36.3 Å². The Morgan fingerprint density at radius 2 is 1.41 bits per heavy atom. The van der Waals surface area contributed by atoms with Gasteiger partial charge in [-0.1, -0.05) is 13.8 Å². The molecule has 0 bridgehead atoms. The van der Waals surface area contributed by atoms with E-state index in [1.807, 2.05) is 13.8 Å². The quantitative estimate of drug-likeness (QED) is 0.0600. The number of H-pyrrole nitrogens is 1. The lowest BCUT2D eigenvalue weighted by molar-refractivity contribution is -0.147. The molecular formula is C33H52N10O11. The number of aliphatic hydroxyl groups is 2. The lowest BCUT2D eigenvalue weighted by Crippen LogP contribution is -2.60. The summed E-state index contributed by atoms with van der Waals surface area (Å²) in [7, 11) is 0. The third kappa shape index (κ3) is 11.9. The van der Waals surface area contributed by atoms with Gasteiger partial charge >= 0.3 is 5.97 Å². The van der Waals surface area contributed by atoms with Gasteiger partial charge in [-0.05, 0) is 44.4 Å². The number of likely N-dealkylation sites (tertiary alicyclic amines) is 2. The van der Waals surface area contributed by atoms with Crippen molar-refractivity contribution in [3.05, 3.63) is 18.2 Å². The highest BCUT2D eigenvalue weighted by Gasteiger charge is 2.43. The van der Waals surface area contributed by atoms with Gasteiger partial charge in [-0.3, -0.25) is 33.6 Å². The maximum atomic E-state index is 13.8. The van der Waals surface area contributed by atoms with Gasteiger partial charge in [-0.25, -0.2) is 9.78 Å². The average molecular weight is 765 g/mol. The van der Waals surface area contributed by atoms with Crippen LogP contribution in [-0.4, -0.2) is 151 Å². The molecule has 7 amide bonds. The molecule has 21 nitrogen and oxygen atoms in total. The van der Waals surface area contributed by atoms with Gasteiger partial charge in [0.25, 0.3) is 0 Å². The molecule has 0 aromatic carbocycles. The Hall–Kier alpha value is -5.15. The number of imidazole rings is 1. The number of aliphatic hydroxyl groups excluding tert-OH is 2. The molecule has 2 fully saturated rings. The van der Waals surface area contributed by atoms with Crippen LogP contribution in [0.5, 0.6) is 0 Å². The highest BCUT2D eigenvalue weighted by molar-refractivity contribution is 5.97. The number of aromatic amines is 1. The number of primary amides is 1. The van der Waals surface area contributed by atoms with Crippen molar-refractivity contribution in [3.8, 4) is 0 Å². The summed E-state index contributed by atoms with van der Waals surface area (Å²) in [6, 6.07) is -8.89. The van der Waals surface area contributed by atoms with Crippen LogP contribution in [0.2, 0.25) is 0 Å². The van der Waals surface area contributed by atoms with Crippen molar-refractivity contribution < 1.29 is 53.7 Å². The standard InChI is InChI=1S/C33H52N10O11/c1-17(2)11-19(34)31(51)43-10-4-6-25(43)32(52)42-9-3-5-24(42)30(50)39-21(12-18-13-36-16-37-18)27(47)40-23(15-45)29(49)41-22(14-44)28(48)38-20(33(53)54)7-8-26(35)46/h13,16-17,19-25,44-45H,3-12,14-15,34H2,1-2H3,(H2,35,46)(H,36,37)(H,38,48)(H,39,50)(H,40,47)(H,41,49)(H,53,54)/t19-,20-,21-,22-,23-,24-,25-/m0/s1. The Balaban J connectivity index is 1.71. The molecule has 2 saturated heterocycles. The van der Waals surface area contributed by atoms with Crippen LogP contribution in [0.1, 0.15) is 64.5 Å². The number of rotatable bonds is 20. The largest absolute Gasteiger partial charge is 0.480 e. The van der Waals surface area contributed by atoms with Gasteiger partial charge in [0, 0.05) is 37.8 Å². The van der Waals surface area contributed by atoms with E-state index in [2.05, 4.69) is 31.2 Å². The molecule has 0 unspecified atom stereocenters. The highest BCUT2D eigenvalue weighted by atomic mass is 16.4. The van der Waals surface area contributed by atoms with Crippen molar-refractivity contribution in [2.75, 3.05) is 26.3 Å². The molecule has 0 radical (unpaired) electrons. The fourth-order valence-electron chi connectivity index (χ4n) is 6.45. The van der Waals surface area contributed by atoms with E-state index in [1.54, 1.807) is 0 Å². The first-order chi connectivity index (χ1) is 25.6. The van der Waals surface area contributed by atoms with Crippen molar-refractivity contribution in [2.24, 2.45) is 17.4 Å². The smallest absolute Gasteiger partial charge is 0.326 e. The first kappa shape index (κ1) is 43.3. The summed E-state index contributed by atoms with van der Waals surface area (Å²) in [6.45, 7) is 2.51. The van der Waals surface area contributed by atoms with Crippen molar-refractivity contribution >= 4 is 47.3 Å². The van der Waals surface area contributed by atoms with Gasteiger partial charge in [-0.15, -0.1) is 0 Å². The Bertz CT molecular complexity index is 1510. The van der Waals surface area contributed by atoms with Crippen LogP contribution in [-0.2, 0) is 44.8 Å². The molecular weight excluding hydrogens is 712 g/mol. The number of hydrogen-bond donors (Lipinski definition) is 10. The topological polar surface area (TPSA) is 333 Å². The van der Waals surface area contributed by atoms with Crippen LogP contribution in [0, 0.1) is 5.92 Å². The molecule has 54 heavy (non-hydrogen) atoms.